The number of aromatic nitrogens is 2. The molecule has 2 aromatic heterocycles. The van der Waals surface area contributed by atoms with Gasteiger partial charge in [0.1, 0.15) is 5.82 Å². The van der Waals surface area contributed by atoms with E-state index < -0.39 is 18.4 Å². The fourth-order valence-corrected chi connectivity index (χ4v) is 5.02. The molecule has 5 rings (SSSR count). The Hall–Kier alpha value is -3.37. The second-order valence-electron chi connectivity index (χ2n) is 9.37. The monoisotopic (exact) mass is 497 g/mol. The van der Waals surface area contributed by atoms with Gasteiger partial charge in [-0.3, -0.25) is 14.5 Å². The molecular weight excluding hydrogens is 468 g/mol. The number of amides is 1. The lowest BCUT2D eigenvalue weighted by Gasteiger charge is -2.29. The maximum absolute atomic E-state index is 13.7. The van der Waals surface area contributed by atoms with Crippen LogP contribution in [0.25, 0.3) is 10.9 Å². The molecule has 0 saturated carbocycles. The molecule has 190 valence electrons. The first kappa shape index (κ1) is 24.3. The topological polar surface area (TPSA) is 90.6 Å². The number of pyridine rings is 2. The number of H-pyrrole nitrogens is 1. The molecule has 4 heterocycles. The van der Waals surface area contributed by atoms with Crippen molar-refractivity contribution in [3.8, 4) is 0 Å². The summed E-state index contributed by atoms with van der Waals surface area (Å²) in [4.78, 5) is 36.4. The molecule has 8 nitrogen and oxygen atoms in total. The third kappa shape index (κ3) is 5.10. The summed E-state index contributed by atoms with van der Waals surface area (Å²) in [6.45, 7) is 5.71. The number of carbonyl (C=O) groups excluding carboxylic acids is 1. The second-order valence-corrected chi connectivity index (χ2v) is 9.37. The number of alkyl halides is 2. The van der Waals surface area contributed by atoms with Gasteiger partial charge in [-0.2, -0.15) is 0 Å². The van der Waals surface area contributed by atoms with E-state index in [0.717, 1.165) is 29.6 Å². The summed E-state index contributed by atoms with van der Waals surface area (Å²) in [7, 11) is 0. The molecule has 0 unspecified atom stereocenters. The molecule has 2 N–H and O–H groups in total. The van der Waals surface area contributed by atoms with Gasteiger partial charge in [-0.25, -0.2) is 13.8 Å². The molecule has 2 fully saturated rings. The lowest BCUT2D eigenvalue weighted by molar-refractivity contribution is 0.0341. The summed E-state index contributed by atoms with van der Waals surface area (Å²) >= 11 is 0. The molecule has 2 aliphatic rings. The third-order valence-corrected chi connectivity index (χ3v) is 6.85. The van der Waals surface area contributed by atoms with Crippen molar-refractivity contribution in [2.45, 2.75) is 38.8 Å². The van der Waals surface area contributed by atoms with Crippen LogP contribution in [0.5, 0.6) is 0 Å². The van der Waals surface area contributed by atoms with Crippen LogP contribution in [-0.2, 0) is 11.3 Å². The highest BCUT2D eigenvalue weighted by Crippen LogP contribution is 2.31. The van der Waals surface area contributed by atoms with Gasteiger partial charge in [0, 0.05) is 55.0 Å². The van der Waals surface area contributed by atoms with Crippen LogP contribution in [-0.4, -0.2) is 66.1 Å². The number of hydrogen-bond donors (Lipinski definition) is 2. The zero-order chi connectivity index (χ0) is 25.2. The number of nitrogens with one attached hydrogen (secondary N) is 2. The first-order valence-corrected chi connectivity index (χ1v) is 12.2. The predicted octanol–water partition coefficient (Wildman–Crippen LogP) is 3.55. The Kier molecular flexibility index (Phi) is 6.97. The Morgan fingerprint density at radius 3 is 2.81 bits per heavy atom. The highest BCUT2D eigenvalue weighted by atomic mass is 19.3. The fourth-order valence-electron chi connectivity index (χ4n) is 5.02. The molecule has 0 radical (unpaired) electrons. The average molecular weight is 498 g/mol. The summed E-state index contributed by atoms with van der Waals surface area (Å²) in [6, 6.07) is 7.54. The number of morpholine rings is 1. The van der Waals surface area contributed by atoms with Crippen LogP contribution >= 0.6 is 0 Å². The maximum atomic E-state index is 13.7. The van der Waals surface area contributed by atoms with Gasteiger partial charge >= 0.3 is 0 Å². The molecule has 2 saturated heterocycles. The smallest absolute Gasteiger partial charge is 0.259 e. The highest BCUT2D eigenvalue weighted by Gasteiger charge is 2.35. The molecule has 0 bridgehead atoms. The SMILES string of the molecule is Cc1cc(=O)[nH]c2ccc(NC(=O)c3cc(CN4CCOCC4)cnc3N3CCC[C@H]3C(F)F)cc12. The molecule has 10 heteroatoms. The first-order valence-electron chi connectivity index (χ1n) is 12.2. The normalized spacial score (nSPS) is 18.8. The molecule has 2 aliphatic heterocycles. The molecule has 0 spiro atoms. The van der Waals surface area contributed by atoms with Gasteiger partial charge < -0.3 is 19.9 Å². The van der Waals surface area contributed by atoms with Crippen molar-refractivity contribution in [3.05, 3.63) is 63.6 Å². The molecule has 1 amide bonds. The summed E-state index contributed by atoms with van der Waals surface area (Å²) < 4.78 is 32.9. The number of rotatable bonds is 6. The molecule has 1 atom stereocenters. The minimum atomic E-state index is -2.52. The lowest BCUT2D eigenvalue weighted by atomic mass is 10.1. The zero-order valence-corrected chi connectivity index (χ0v) is 20.1. The number of hydrogen-bond acceptors (Lipinski definition) is 6. The highest BCUT2D eigenvalue weighted by molar-refractivity contribution is 6.08. The fraction of sp³-hybridized carbons (Fsp3) is 0.423. The zero-order valence-electron chi connectivity index (χ0n) is 20.1. The van der Waals surface area contributed by atoms with E-state index in [1.807, 2.05) is 6.92 Å². The Morgan fingerprint density at radius 2 is 2.03 bits per heavy atom. The van der Waals surface area contributed by atoms with Crippen LogP contribution in [0.1, 0.15) is 34.3 Å². The minimum absolute atomic E-state index is 0.191. The van der Waals surface area contributed by atoms with E-state index in [4.69, 9.17) is 4.74 Å². The van der Waals surface area contributed by atoms with Crippen LogP contribution in [0.4, 0.5) is 20.3 Å². The predicted molar refractivity (Wildman–Crippen MR) is 134 cm³/mol. The quantitative estimate of drug-likeness (QED) is 0.542. The van der Waals surface area contributed by atoms with Crippen molar-refractivity contribution in [1.29, 1.82) is 0 Å². The summed E-state index contributed by atoms with van der Waals surface area (Å²) in [5.74, 6) is -0.134. The first-order chi connectivity index (χ1) is 17.4. The van der Waals surface area contributed by atoms with E-state index in [-0.39, 0.29) is 16.9 Å². The van der Waals surface area contributed by atoms with Crippen molar-refractivity contribution < 1.29 is 18.3 Å². The van der Waals surface area contributed by atoms with Gasteiger partial charge in [0.05, 0.1) is 24.8 Å². The molecular formula is C26H29F2N5O3. The number of aromatic amines is 1. The molecule has 3 aromatic rings. The number of ether oxygens (including phenoxy) is 1. The number of carbonyl (C=O) groups is 1. The van der Waals surface area contributed by atoms with Crippen molar-refractivity contribution in [2.75, 3.05) is 43.1 Å². The third-order valence-electron chi connectivity index (χ3n) is 6.85. The van der Waals surface area contributed by atoms with E-state index in [9.17, 15) is 18.4 Å². The number of nitrogens with zero attached hydrogens (tertiary/aromatic N) is 3. The van der Waals surface area contributed by atoms with Gasteiger partial charge in [-0.1, -0.05) is 0 Å². The molecule has 1 aromatic carbocycles. The van der Waals surface area contributed by atoms with Crippen molar-refractivity contribution in [2.24, 2.45) is 0 Å². The number of benzene rings is 1. The van der Waals surface area contributed by atoms with Crippen molar-refractivity contribution >= 4 is 28.3 Å². The van der Waals surface area contributed by atoms with Gasteiger partial charge in [-0.05, 0) is 55.2 Å². The Balaban J connectivity index is 1.47. The lowest BCUT2D eigenvalue weighted by Crippen LogP contribution is -2.37. The number of fused-ring (bicyclic) bond motifs is 1. The van der Waals surface area contributed by atoms with Crippen molar-refractivity contribution in [1.82, 2.24) is 14.9 Å². The van der Waals surface area contributed by atoms with E-state index in [2.05, 4.69) is 20.2 Å². The Bertz CT molecular complexity index is 1320. The minimum Gasteiger partial charge on any atom is -0.379 e. The number of aryl methyl sites for hydroxylation is 1. The summed E-state index contributed by atoms with van der Waals surface area (Å²) in [6.07, 6.45) is 0.134. The van der Waals surface area contributed by atoms with Gasteiger partial charge in [-0.15, -0.1) is 0 Å². The Morgan fingerprint density at radius 1 is 1.22 bits per heavy atom. The van der Waals surface area contributed by atoms with Crippen LogP contribution in [0, 0.1) is 6.92 Å². The van der Waals surface area contributed by atoms with E-state index in [1.165, 1.54) is 6.07 Å². The summed E-state index contributed by atoms with van der Waals surface area (Å²) in [5, 5.41) is 3.72. The van der Waals surface area contributed by atoms with Gasteiger partial charge in [0.2, 0.25) is 5.56 Å². The van der Waals surface area contributed by atoms with E-state index in [0.29, 0.717) is 50.3 Å². The second kappa shape index (κ2) is 10.3. The van der Waals surface area contributed by atoms with Crippen LogP contribution < -0.4 is 15.8 Å². The van der Waals surface area contributed by atoms with Gasteiger partial charge in [0.15, 0.2) is 0 Å². The van der Waals surface area contributed by atoms with Crippen LogP contribution in [0.3, 0.4) is 0 Å². The van der Waals surface area contributed by atoms with Crippen LogP contribution in [0.2, 0.25) is 0 Å². The molecule has 36 heavy (non-hydrogen) atoms. The summed E-state index contributed by atoms with van der Waals surface area (Å²) in [5.41, 5.74) is 2.92. The van der Waals surface area contributed by atoms with E-state index in [1.54, 1.807) is 35.4 Å². The van der Waals surface area contributed by atoms with Gasteiger partial charge in [0.25, 0.3) is 12.3 Å². The largest absolute Gasteiger partial charge is 0.379 e. The molecule has 0 aliphatic carbocycles. The average Bonchev–Trinajstić information content (AvgIpc) is 3.35. The number of anilines is 2. The standard InChI is InChI=1S/C26H29F2N5O3/c1-16-11-23(34)31-21-5-4-18(13-19(16)21)30-26(35)20-12-17(15-32-7-9-36-10-8-32)14-29-25(20)33-6-2-3-22(33)24(27)28/h4-5,11-14,22,24H,2-3,6-10,15H2,1H3,(H,30,35)(H,31,34)/t22-/m0/s1. The maximum Gasteiger partial charge on any atom is 0.259 e. The van der Waals surface area contributed by atoms with E-state index >= 15 is 0 Å². The van der Waals surface area contributed by atoms with Crippen molar-refractivity contribution in [3.63, 3.8) is 0 Å². The van der Waals surface area contributed by atoms with Crippen LogP contribution in [0.15, 0.2) is 41.3 Å². The number of halogens is 2. The Labute approximate surface area is 207 Å².